The predicted octanol–water partition coefficient (Wildman–Crippen LogP) is 1.89. The number of halogens is 1. The van der Waals surface area contributed by atoms with Crippen LogP contribution < -0.4 is 0 Å². The van der Waals surface area contributed by atoms with Crippen LogP contribution >= 0.6 is 11.6 Å². The Balaban J connectivity index is 2.16. The fraction of sp³-hybridized carbons (Fsp3) is 0.533. The van der Waals surface area contributed by atoms with E-state index >= 15 is 0 Å². The van der Waals surface area contributed by atoms with Crippen LogP contribution in [0.5, 0.6) is 0 Å². The fourth-order valence-corrected chi connectivity index (χ4v) is 2.62. The van der Waals surface area contributed by atoms with E-state index in [1.54, 1.807) is 15.8 Å². The van der Waals surface area contributed by atoms with Gasteiger partial charge in [-0.05, 0) is 31.9 Å². The minimum absolute atomic E-state index is 0.0140. The van der Waals surface area contributed by atoms with Crippen molar-refractivity contribution in [3.05, 3.63) is 35.4 Å². The smallest absolute Gasteiger partial charge is 0.238 e. The van der Waals surface area contributed by atoms with E-state index in [0.717, 1.165) is 16.8 Å². The Bertz CT molecular complexity index is 629. The van der Waals surface area contributed by atoms with E-state index in [2.05, 4.69) is 10.2 Å². The van der Waals surface area contributed by atoms with Crippen LogP contribution in [0.3, 0.4) is 0 Å². The predicted molar refractivity (Wildman–Crippen MR) is 85.6 cm³/mol. The molecule has 22 heavy (non-hydrogen) atoms. The van der Waals surface area contributed by atoms with Crippen molar-refractivity contribution < 1.29 is 4.79 Å². The summed E-state index contributed by atoms with van der Waals surface area (Å²) >= 11 is 5.78. The fourth-order valence-electron chi connectivity index (χ4n) is 2.46. The molecule has 0 aliphatic heterocycles. The Kier molecular flexibility index (Phi) is 5.24. The molecule has 0 radical (unpaired) electrons. The number of rotatable bonds is 6. The number of nitrogens with zero attached hydrogens (tertiary/aromatic N) is 5. The number of hydrogen-bond acceptors (Lipinski definition) is 3. The van der Waals surface area contributed by atoms with Gasteiger partial charge in [-0.1, -0.05) is 0 Å². The molecular formula is C15H22ClN5O. The maximum absolute atomic E-state index is 12.2. The van der Waals surface area contributed by atoms with Crippen LogP contribution in [0.4, 0.5) is 0 Å². The highest BCUT2D eigenvalue weighted by Gasteiger charge is 2.22. The third kappa shape index (κ3) is 3.68. The molecule has 0 aromatic carbocycles. The van der Waals surface area contributed by atoms with Crippen LogP contribution in [-0.2, 0) is 24.9 Å². The summed E-state index contributed by atoms with van der Waals surface area (Å²) in [5.41, 5.74) is 3.18. The Labute approximate surface area is 135 Å². The average Bonchev–Trinajstić information content (AvgIpc) is 3.02. The number of alkyl halides is 1. The van der Waals surface area contributed by atoms with E-state index in [1.165, 1.54) is 0 Å². The van der Waals surface area contributed by atoms with Crippen molar-refractivity contribution in [3.63, 3.8) is 0 Å². The van der Waals surface area contributed by atoms with Crippen molar-refractivity contribution in [1.82, 2.24) is 24.5 Å². The summed E-state index contributed by atoms with van der Waals surface area (Å²) in [4.78, 5) is 14.0. The van der Waals surface area contributed by atoms with Crippen LogP contribution in [0.25, 0.3) is 0 Å². The summed E-state index contributed by atoms with van der Waals surface area (Å²) in [7, 11) is 1.88. The molecule has 0 aliphatic carbocycles. The second-order valence-electron chi connectivity index (χ2n) is 5.64. The average molecular weight is 324 g/mol. The van der Waals surface area contributed by atoms with Gasteiger partial charge >= 0.3 is 0 Å². The summed E-state index contributed by atoms with van der Waals surface area (Å²) in [5.74, 6) is -0.113. The van der Waals surface area contributed by atoms with Gasteiger partial charge in [-0.15, -0.1) is 11.6 Å². The van der Waals surface area contributed by atoms with Gasteiger partial charge in [0.15, 0.2) is 0 Å². The highest BCUT2D eigenvalue weighted by Crippen LogP contribution is 2.14. The maximum Gasteiger partial charge on any atom is 0.238 e. The molecule has 0 bridgehead atoms. The summed E-state index contributed by atoms with van der Waals surface area (Å²) in [6.07, 6.45) is 5.58. The molecule has 1 atom stereocenters. The summed E-state index contributed by atoms with van der Waals surface area (Å²) in [6.45, 7) is 7.12. The quantitative estimate of drug-likeness (QED) is 0.763. The van der Waals surface area contributed by atoms with E-state index in [0.29, 0.717) is 13.1 Å². The number of aryl methyl sites for hydroxylation is 3. The summed E-state index contributed by atoms with van der Waals surface area (Å²) in [6, 6.07) is -0.0140. The molecule has 0 saturated heterocycles. The number of amides is 1. The Morgan fingerprint density at radius 2 is 2.09 bits per heavy atom. The molecule has 1 unspecified atom stereocenters. The molecule has 6 nitrogen and oxygen atoms in total. The monoisotopic (exact) mass is 323 g/mol. The lowest BCUT2D eigenvalue weighted by molar-refractivity contribution is -0.131. The molecule has 2 heterocycles. The van der Waals surface area contributed by atoms with Gasteiger partial charge in [0.2, 0.25) is 5.91 Å². The maximum atomic E-state index is 12.2. The van der Waals surface area contributed by atoms with Crippen molar-refractivity contribution in [2.24, 2.45) is 7.05 Å². The molecule has 0 fully saturated rings. The van der Waals surface area contributed by atoms with Crippen LogP contribution in [0, 0.1) is 13.8 Å². The van der Waals surface area contributed by atoms with Gasteiger partial charge < -0.3 is 4.90 Å². The SMILES string of the molecule is Cc1cnn(CC(C)N(Cc2c(C)cnn2C)C(=O)CCl)c1. The van der Waals surface area contributed by atoms with Crippen LogP contribution in [-0.4, -0.2) is 42.3 Å². The van der Waals surface area contributed by atoms with E-state index in [1.807, 2.05) is 44.9 Å². The first-order valence-corrected chi connectivity index (χ1v) is 7.77. The summed E-state index contributed by atoms with van der Waals surface area (Å²) < 4.78 is 3.65. The van der Waals surface area contributed by atoms with Gasteiger partial charge in [-0.2, -0.15) is 10.2 Å². The molecule has 120 valence electrons. The minimum atomic E-state index is -0.0846. The van der Waals surface area contributed by atoms with Crippen molar-refractivity contribution >= 4 is 17.5 Å². The molecule has 2 aromatic rings. The zero-order valence-corrected chi connectivity index (χ0v) is 14.2. The molecule has 0 aliphatic rings. The first kappa shape index (κ1) is 16.5. The van der Waals surface area contributed by atoms with Crippen LogP contribution in [0.2, 0.25) is 0 Å². The third-order valence-electron chi connectivity index (χ3n) is 3.77. The minimum Gasteiger partial charge on any atom is -0.331 e. The van der Waals surface area contributed by atoms with Crippen LogP contribution in [0.1, 0.15) is 23.7 Å². The Hall–Kier alpha value is -1.82. The van der Waals surface area contributed by atoms with Crippen molar-refractivity contribution in [1.29, 1.82) is 0 Å². The number of aromatic nitrogens is 4. The standard InChI is InChI=1S/C15H22ClN5O/c1-11-6-18-20(8-11)9-13(3)21(15(22)5-16)10-14-12(2)7-17-19(14)4/h6-8,13H,5,9-10H2,1-4H3. The van der Waals surface area contributed by atoms with E-state index in [9.17, 15) is 4.79 Å². The molecule has 0 saturated carbocycles. The lowest BCUT2D eigenvalue weighted by Crippen LogP contribution is -2.41. The molecular weight excluding hydrogens is 302 g/mol. The van der Waals surface area contributed by atoms with Crippen molar-refractivity contribution in [2.75, 3.05) is 5.88 Å². The summed E-state index contributed by atoms with van der Waals surface area (Å²) in [5, 5.41) is 8.51. The highest BCUT2D eigenvalue weighted by atomic mass is 35.5. The van der Waals surface area contributed by atoms with Gasteiger partial charge in [0.1, 0.15) is 5.88 Å². The van der Waals surface area contributed by atoms with E-state index in [-0.39, 0.29) is 17.8 Å². The highest BCUT2D eigenvalue weighted by molar-refractivity contribution is 6.27. The Morgan fingerprint density at radius 3 is 2.59 bits per heavy atom. The number of carbonyl (C=O) groups excluding carboxylic acids is 1. The largest absolute Gasteiger partial charge is 0.331 e. The Morgan fingerprint density at radius 1 is 1.36 bits per heavy atom. The molecule has 2 aromatic heterocycles. The van der Waals surface area contributed by atoms with Crippen molar-refractivity contribution in [3.8, 4) is 0 Å². The van der Waals surface area contributed by atoms with Crippen LogP contribution in [0.15, 0.2) is 18.6 Å². The van der Waals surface area contributed by atoms with E-state index < -0.39 is 0 Å². The van der Waals surface area contributed by atoms with Crippen molar-refractivity contribution in [2.45, 2.75) is 39.9 Å². The molecule has 2 rings (SSSR count). The second kappa shape index (κ2) is 6.96. The van der Waals surface area contributed by atoms with E-state index in [4.69, 9.17) is 11.6 Å². The molecule has 0 spiro atoms. The first-order valence-electron chi connectivity index (χ1n) is 7.24. The zero-order chi connectivity index (χ0) is 16.3. The first-order chi connectivity index (χ1) is 10.4. The normalized spacial score (nSPS) is 12.4. The zero-order valence-electron chi connectivity index (χ0n) is 13.5. The molecule has 0 N–H and O–H groups in total. The topological polar surface area (TPSA) is 56.0 Å². The second-order valence-corrected chi connectivity index (χ2v) is 5.91. The molecule has 7 heteroatoms. The van der Waals surface area contributed by atoms with Gasteiger partial charge in [-0.3, -0.25) is 14.2 Å². The van der Waals surface area contributed by atoms with Gasteiger partial charge in [-0.25, -0.2) is 0 Å². The lowest BCUT2D eigenvalue weighted by Gasteiger charge is -2.29. The van der Waals surface area contributed by atoms with Gasteiger partial charge in [0, 0.05) is 19.3 Å². The third-order valence-corrected chi connectivity index (χ3v) is 4.00. The number of carbonyl (C=O) groups is 1. The number of hydrogen-bond donors (Lipinski definition) is 0. The van der Waals surface area contributed by atoms with Gasteiger partial charge in [0.05, 0.1) is 31.2 Å². The van der Waals surface area contributed by atoms with Gasteiger partial charge in [0.25, 0.3) is 0 Å². The molecule has 1 amide bonds. The lowest BCUT2D eigenvalue weighted by atomic mass is 10.2.